The molecular formula is C8H12N2Se. The molecule has 2 nitrogen and oxygen atoms in total. The number of fused-ring (bicyclic) bond motifs is 1. The van der Waals surface area contributed by atoms with Gasteiger partial charge in [-0.05, 0) is 0 Å². The molecule has 0 atom stereocenters. The van der Waals surface area contributed by atoms with Gasteiger partial charge in [0.15, 0.2) is 0 Å². The zero-order valence-corrected chi connectivity index (χ0v) is 8.26. The number of rotatable bonds is 0. The second-order valence-electron chi connectivity index (χ2n) is 3.06. The van der Waals surface area contributed by atoms with E-state index in [0.717, 1.165) is 0 Å². The average molecular weight is 215 g/mol. The van der Waals surface area contributed by atoms with E-state index in [1.165, 1.54) is 44.2 Å². The maximum absolute atomic E-state index is 4.19. The van der Waals surface area contributed by atoms with Crippen LogP contribution < -0.4 is 0 Å². The van der Waals surface area contributed by atoms with Gasteiger partial charge >= 0.3 is 72.6 Å². The molecule has 0 radical (unpaired) electrons. The van der Waals surface area contributed by atoms with Crippen LogP contribution in [0.25, 0.3) is 0 Å². The van der Waals surface area contributed by atoms with E-state index < -0.39 is 0 Å². The van der Waals surface area contributed by atoms with Crippen molar-refractivity contribution in [1.29, 1.82) is 0 Å². The molecule has 0 spiro atoms. The summed E-state index contributed by atoms with van der Waals surface area (Å²) >= 11 is 0.382. The van der Waals surface area contributed by atoms with Crippen molar-refractivity contribution in [3.8, 4) is 0 Å². The van der Waals surface area contributed by atoms with Crippen LogP contribution in [0.5, 0.6) is 0 Å². The summed E-state index contributed by atoms with van der Waals surface area (Å²) in [6.45, 7) is 0. The van der Waals surface area contributed by atoms with Crippen molar-refractivity contribution in [2.24, 2.45) is 0 Å². The second kappa shape index (κ2) is 3.50. The average Bonchev–Trinajstić information content (AvgIpc) is 2.35. The third-order valence-corrected chi connectivity index (χ3v) is 3.93. The van der Waals surface area contributed by atoms with Gasteiger partial charge in [0.05, 0.1) is 0 Å². The SMILES string of the molecule is C1CCCc2[se]nnc2CC1. The van der Waals surface area contributed by atoms with Crippen LogP contribution >= 0.6 is 0 Å². The van der Waals surface area contributed by atoms with E-state index in [1.807, 2.05) is 0 Å². The van der Waals surface area contributed by atoms with E-state index >= 15 is 0 Å². The first-order valence-corrected chi connectivity index (χ1v) is 5.89. The fourth-order valence-corrected chi connectivity index (χ4v) is 3.05. The molecule has 1 aliphatic carbocycles. The Kier molecular flexibility index (Phi) is 2.39. The molecule has 1 aromatic rings. The van der Waals surface area contributed by atoms with Crippen LogP contribution in [-0.4, -0.2) is 23.9 Å². The van der Waals surface area contributed by atoms with Crippen molar-refractivity contribution >= 4 is 14.7 Å². The van der Waals surface area contributed by atoms with Gasteiger partial charge in [-0.15, -0.1) is 0 Å². The molecule has 60 valence electrons. The Hall–Kier alpha value is -0.141. The zero-order valence-electron chi connectivity index (χ0n) is 6.55. The molecule has 1 aliphatic rings. The van der Waals surface area contributed by atoms with E-state index in [1.54, 1.807) is 4.44 Å². The molecule has 0 bridgehead atoms. The van der Waals surface area contributed by atoms with Crippen LogP contribution in [0, 0.1) is 0 Å². The van der Waals surface area contributed by atoms with E-state index in [2.05, 4.69) is 9.19 Å². The number of hydrogen-bond acceptors (Lipinski definition) is 2. The van der Waals surface area contributed by atoms with Crippen molar-refractivity contribution in [1.82, 2.24) is 9.19 Å². The van der Waals surface area contributed by atoms with Crippen LogP contribution in [0.3, 0.4) is 0 Å². The summed E-state index contributed by atoms with van der Waals surface area (Å²) in [5, 5.41) is 4.19. The summed E-state index contributed by atoms with van der Waals surface area (Å²) in [7, 11) is 0. The first kappa shape index (κ1) is 7.51. The van der Waals surface area contributed by atoms with Gasteiger partial charge in [0.1, 0.15) is 0 Å². The van der Waals surface area contributed by atoms with Crippen molar-refractivity contribution in [2.75, 3.05) is 0 Å². The Morgan fingerprint density at radius 1 is 1.00 bits per heavy atom. The number of aromatic nitrogens is 2. The van der Waals surface area contributed by atoms with E-state index in [9.17, 15) is 0 Å². The number of nitrogens with zero attached hydrogens (tertiary/aromatic N) is 2. The minimum absolute atomic E-state index is 0.382. The van der Waals surface area contributed by atoms with Crippen LogP contribution in [-0.2, 0) is 12.8 Å². The minimum atomic E-state index is 0.382. The predicted molar refractivity (Wildman–Crippen MR) is 44.8 cm³/mol. The summed E-state index contributed by atoms with van der Waals surface area (Å²) < 4.78 is 5.71. The van der Waals surface area contributed by atoms with Crippen molar-refractivity contribution in [3.05, 3.63) is 10.1 Å². The van der Waals surface area contributed by atoms with Crippen molar-refractivity contribution in [3.63, 3.8) is 0 Å². The molecule has 0 N–H and O–H groups in total. The van der Waals surface area contributed by atoms with Crippen molar-refractivity contribution < 1.29 is 0 Å². The monoisotopic (exact) mass is 216 g/mol. The molecule has 1 heterocycles. The fourth-order valence-electron chi connectivity index (χ4n) is 1.54. The van der Waals surface area contributed by atoms with Gasteiger partial charge in [-0.2, -0.15) is 0 Å². The van der Waals surface area contributed by atoms with E-state index in [-0.39, 0.29) is 0 Å². The standard InChI is InChI=1S/C8H12N2Se/c1-2-4-6-8-7(5-3-1)9-10-11-8/h1-6H2. The molecular weight excluding hydrogens is 203 g/mol. The maximum atomic E-state index is 4.19. The Morgan fingerprint density at radius 3 is 2.73 bits per heavy atom. The topological polar surface area (TPSA) is 25.8 Å². The normalized spacial score (nSPS) is 18.5. The van der Waals surface area contributed by atoms with Gasteiger partial charge in [0, 0.05) is 0 Å². The van der Waals surface area contributed by atoms with Gasteiger partial charge in [-0.3, -0.25) is 0 Å². The molecule has 1 aromatic heterocycles. The molecule has 3 heteroatoms. The first-order chi connectivity index (χ1) is 5.47. The number of hydrogen-bond donors (Lipinski definition) is 0. The molecule has 0 amide bonds. The fraction of sp³-hybridized carbons (Fsp3) is 0.750. The molecule has 0 aromatic carbocycles. The Bertz CT molecular complexity index is 209. The van der Waals surface area contributed by atoms with E-state index in [0.29, 0.717) is 14.7 Å². The van der Waals surface area contributed by atoms with Crippen molar-refractivity contribution in [2.45, 2.75) is 38.5 Å². The third kappa shape index (κ3) is 1.71. The Balaban J connectivity index is 2.18. The van der Waals surface area contributed by atoms with Gasteiger partial charge < -0.3 is 0 Å². The first-order valence-electron chi connectivity index (χ1n) is 4.27. The third-order valence-electron chi connectivity index (χ3n) is 2.20. The van der Waals surface area contributed by atoms with Gasteiger partial charge in [0.25, 0.3) is 0 Å². The quantitative estimate of drug-likeness (QED) is 0.607. The van der Waals surface area contributed by atoms with Crippen LogP contribution in [0.2, 0.25) is 0 Å². The molecule has 11 heavy (non-hydrogen) atoms. The van der Waals surface area contributed by atoms with Gasteiger partial charge in [-0.1, -0.05) is 0 Å². The summed E-state index contributed by atoms with van der Waals surface area (Å²) in [5.41, 5.74) is 1.34. The summed E-state index contributed by atoms with van der Waals surface area (Å²) in [6.07, 6.45) is 7.97. The predicted octanol–water partition coefficient (Wildman–Crippen LogP) is 1.19. The second-order valence-corrected chi connectivity index (χ2v) is 4.82. The molecule has 0 fully saturated rings. The Labute approximate surface area is 73.0 Å². The van der Waals surface area contributed by atoms with Crippen LogP contribution in [0.4, 0.5) is 0 Å². The molecule has 0 saturated carbocycles. The van der Waals surface area contributed by atoms with E-state index in [4.69, 9.17) is 0 Å². The summed E-state index contributed by atoms with van der Waals surface area (Å²) in [5.74, 6) is 0. The summed E-state index contributed by atoms with van der Waals surface area (Å²) in [4.78, 5) is 0. The Morgan fingerprint density at radius 2 is 1.82 bits per heavy atom. The molecule has 0 unspecified atom stereocenters. The molecule has 0 aliphatic heterocycles. The number of aryl methyl sites for hydroxylation is 2. The zero-order chi connectivity index (χ0) is 7.52. The van der Waals surface area contributed by atoms with Gasteiger partial charge in [-0.25, -0.2) is 0 Å². The summed E-state index contributed by atoms with van der Waals surface area (Å²) in [6, 6.07) is 0. The van der Waals surface area contributed by atoms with Crippen LogP contribution in [0.15, 0.2) is 0 Å². The molecule has 2 rings (SSSR count). The van der Waals surface area contributed by atoms with Gasteiger partial charge in [0.2, 0.25) is 0 Å². The molecule has 0 saturated heterocycles. The van der Waals surface area contributed by atoms with Crippen LogP contribution in [0.1, 0.15) is 35.8 Å².